The molecular weight excluding hydrogens is 290 g/mol. The molecular formula is C14H21N3O3S. The summed E-state index contributed by atoms with van der Waals surface area (Å²) >= 11 is 1.53. The van der Waals surface area contributed by atoms with Crippen molar-refractivity contribution < 1.29 is 14.7 Å². The van der Waals surface area contributed by atoms with Crippen LogP contribution in [0.3, 0.4) is 0 Å². The number of piperidine rings is 1. The van der Waals surface area contributed by atoms with Crippen LogP contribution in [-0.4, -0.2) is 40.1 Å². The largest absolute Gasteiger partial charge is 0.481 e. The maximum atomic E-state index is 12.2. The van der Waals surface area contributed by atoms with Crippen LogP contribution < -0.4 is 5.32 Å². The molecule has 1 aromatic rings. The minimum absolute atomic E-state index is 0.0608. The molecule has 6 nitrogen and oxygen atoms in total. The molecule has 0 radical (unpaired) electrons. The van der Waals surface area contributed by atoms with E-state index in [0.717, 1.165) is 17.8 Å². The molecule has 0 bridgehead atoms. The van der Waals surface area contributed by atoms with Gasteiger partial charge in [-0.25, -0.2) is 9.78 Å². The number of rotatable bonds is 5. The fourth-order valence-corrected chi connectivity index (χ4v) is 3.18. The number of aromatic nitrogens is 1. The van der Waals surface area contributed by atoms with Gasteiger partial charge in [0, 0.05) is 31.1 Å². The minimum atomic E-state index is -0.743. The van der Waals surface area contributed by atoms with E-state index in [1.54, 1.807) is 11.1 Å². The van der Waals surface area contributed by atoms with Gasteiger partial charge in [-0.2, -0.15) is 0 Å². The summed E-state index contributed by atoms with van der Waals surface area (Å²) in [6.07, 6.45) is 4.42. The number of urea groups is 1. The van der Waals surface area contributed by atoms with Crippen molar-refractivity contribution in [1.29, 1.82) is 0 Å². The summed E-state index contributed by atoms with van der Waals surface area (Å²) in [6, 6.07) is -0.142. The lowest BCUT2D eigenvalue weighted by Gasteiger charge is -2.32. The molecule has 0 spiro atoms. The Hall–Kier alpha value is -1.63. The highest BCUT2D eigenvalue weighted by Crippen LogP contribution is 2.22. The molecule has 2 heterocycles. The SMILES string of the molecule is CC(NC(=O)N1CCC(CCC(=O)O)CC1)c1nccs1. The number of carboxylic acid groups (broad SMARTS) is 1. The first-order chi connectivity index (χ1) is 10.1. The zero-order chi connectivity index (χ0) is 15.2. The van der Waals surface area contributed by atoms with Crippen molar-refractivity contribution in [2.75, 3.05) is 13.1 Å². The van der Waals surface area contributed by atoms with E-state index < -0.39 is 5.97 Å². The number of thiazole rings is 1. The summed E-state index contributed by atoms with van der Waals surface area (Å²) in [5.41, 5.74) is 0. The number of hydrogen-bond acceptors (Lipinski definition) is 4. The summed E-state index contributed by atoms with van der Waals surface area (Å²) in [6.45, 7) is 3.32. The highest BCUT2D eigenvalue weighted by molar-refractivity contribution is 7.09. The number of carboxylic acids is 1. The summed E-state index contributed by atoms with van der Waals surface area (Å²) in [5.74, 6) is -0.325. The van der Waals surface area contributed by atoms with E-state index in [2.05, 4.69) is 10.3 Å². The summed E-state index contributed by atoms with van der Waals surface area (Å²) < 4.78 is 0. The van der Waals surface area contributed by atoms with Crippen molar-refractivity contribution in [3.05, 3.63) is 16.6 Å². The molecule has 1 atom stereocenters. The Balaban J connectivity index is 1.74. The Bertz CT molecular complexity index is 470. The Morgan fingerprint density at radius 1 is 1.52 bits per heavy atom. The van der Waals surface area contributed by atoms with Gasteiger partial charge in [-0.3, -0.25) is 4.79 Å². The number of carbonyl (C=O) groups excluding carboxylic acids is 1. The summed E-state index contributed by atoms with van der Waals surface area (Å²) in [5, 5.41) is 14.4. The van der Waals surface area contributed by atoms with Gasteiger partial charge in [0.1, 0.15) is 5.01 Å². The van der Waals surface area contributed by atoms with Crippen LogP contribution in [-0.2, 0) is 4.79 Å². The molecule has 0 aromatic carbocycles. The predicted molar refractivity (Wildman–Crippen MR) is 80.2 cm³/mol. The molecule has 1 aromatic heterocycles. The highest BCUT2D eigenvalue weighted by Gasteiger charge is 2.24. The van der Waals surface area contributed by atoms with E-state index in [9.17, 15) is 9.59 Å². The third kappa shape index (κ3) is 4.70. The number of nitrogens with one attached hydrogen (secondary N) is 1. The third-order valence-electron chi connectivity index (χ3n) is 3.83. The normalized spacial score (nSPS) is 17.5. The molecule has 7 heteroatoms. The van der Waals surface area contributed by atoms with Gasteiger partial charge in [-0.1, -0.05) is 0 Å². The van der Waals surface area contributed by atoms with Crippen molar-refractivity contribution in [3.8, 4) is 0 Å². The van der Waals surface area contributed by atoms with Crippen LogP contribution in [0.25, 0.3) is 0 Å². The second kappa shape index (κ2) is 7.40. The number of likely N-dealkylation sites (tertiary alicyclic amines) is 1. The van der Waals surface area contributed by atoms with Crippen molar-refractivity contribution in [2.24, 2.45) is 5.92 Å². The second-order valence-corrected chi connectivity index (χ2v) is 6.33. The molecule has 0 aliphatic carbocycles. The number of carbonyl (C=O) groups is 2. The molecule has 1 aliphatic rings. The van der Waals surface area contributed by atoms with E-state index in [1.807, 2.05) is 12.3 Å². The Kier molecular flexibility index (Phi) is 5.55. The van der Waals surface area contributed by atoms with Crippen molar-refractivity contribution in [2.45, 2.75) is 38.6 Å². The molecule has 2 N–H and O–H groups in total. The molecule has 1 unspecified atom stereocenters. The number of aliphatic carboxylic acids is 1. The lowest BCUT2D eigenvalue weighted by molar-refractivity contribution is -0.137. The Morgan fingerprint density at radius 3 is 2.81 bits per heavy atom. The van der Waals surface area contributed by atoms with Gasteiger partial charge in [0.05, 0.1) is 6.04 Å². The number of nitrogens with zero attached hydrogens (tertiary/aromatic N) is 2. The lowest BCUT2D eigenvalue weighted by Crippen LogP contribution is -2.45. The van der Waals surface area contributed by atoms with Gasteiger partial charge < -0.3 is 15.3 Å². The average Bonchev–Trinajstić information content (AvgIpc) is 3.00. The zero-order valence-electron chi connectivity index (χ0n) is 12.1. The fraction of sp³-hybridized carbons (Fsp3) is 0.643. The molecule has 2 amide bonds. The maximum Gasteiger partial charge on any atom is 0.317 e. The first-order valence-corrected chi connectivity index (χ1v) is 8.11. The van der Waals surface area contributed by atoms with Gasteiger partial charge in [0.25, 0.3) is 0 Å². The van der Waals surface area contributed by atoms with Crippen molar-refractivity contribution in [3.63, 3.8) is 0 Å². The van der Waals surface area contributed by atoms with Crippen LogP contribution in [0.1, 0.15) is 43.7 Å². The van der Waals surface area contributed by atoms with Gasteiger partial charge >= 0.3 is 12.0 Å². The molecule has 116 valence electrons. The smallest absolute Gasteiger partial charge is 0.317 e. The summed E-state index contributed by atoms with van der Waals surface area (Å²) in [7, 11) is 0. The minimum Gasteiger partial charge on any atom is -0.481 e. The molecule has 1 fully saturated rings. The highest BCUT2D eigenvalue weighted by atomic mass is 32.1. The standard InChI is InChI=1S/C14H21N3O3S/c1-10(13-15-6-9-21-13)16-14(20)17-7-4-11(5-8-17)2-3-12(18)19/h6,9-11H,2-5,7-8H2,1H3,(H,16,20)(H,18,19). The zero-order valence-corrected chi connectivity index (χ0v) is 12.9. The third-order valence-corrected chi connectivity index (χ3v) is 4.79. The first kappa shape index (κ1) is 15.8. The second-order valence-electron chi connectivity index (χ2n) is 5.40. The van der Waals surface area contributed by atoms with Gasteiger partial charge in [0.15, 0.2) is 0 Å². The van der Waals surface area contributed by atoms with Crippen molar-refractivity contribution in [1.82, 2.24) is 15.2 Å². The van der Waals surface area contributed by atoms with E-state index in [1.165, 1.54) is 11.3 Å². The number of hydrogen-bond donors (Lipinski definition) is 2. The predicted octanol–water partition coefficient (Wildman–Crippen LogP) is 2.49. The van der Waals surface area contributed by atoms with Crippen LogP contribution in [0.15, 0.2) is 11.6 Å². The first-order valence-electron chi connectivity index (χ1n) is 7.23. The molecule has 1 aliphatic heterocycles. The van der Waals surface area contributed by atoms with Crippen LogP contribution in [0.2, 0.25) is 0 Å². The fourth-order valence-electron chi connectivity index (χ4n) is 2.54. The lowest BCUT2D eigenvalue weighted by atomic mass is 9.92. The van der Waals surface area contributed by atoms with Crippen LogP contribution >= 0.6 is 11.3 Å². The van der Waals surface area contributed by atoms with Crippen molar-refractivity contribution >= 4 is 23.3 Å². The van der Waals surface area contributed by atoms with E-state index in [-0.39, 0.29) is 18.5 Å². The number of amides is 2. The topological polar surface area (TPSA) is 82.5 Å². The van der Waals surface area contributed by atoms with Crippen LogP contribution in [0, 0.1) is 5.92 Å². The van der Waals surface area contributed by atoms with E-state index in [0.29, 0.717) is 25.4 Å². The van der Waals surface area contributed by atoms with E-state index in [4.69, 9.17) is 5.11 Å². The quantitative estimate of drug-likeness (QED) is 0.875. The van der Waals surface area contributed by atoms with E-state index >= 15 is 0 Å². The Labute approximate surface area is 128 Å². The van der Waals surface area contributed by atoms with Gasteiger partial charge in [0.2, 0.25) is 0 Å². The molecule has 1 saturated heterocycles. The molecule has 0 saturated carbocycles. The monoisotopic (exact) mass is 311 g/mol. The van der Waals surface area contributed by atoms with Gasteiger partial charge in [-0.05, 0) is 32.1 Å². The van der Waals surface area contributed by atoms with Crippen LogP contribution in [0.4, 0.5) is 4.79 Å². The summed E-state index contributed by atoms with van der Waals surface area (Å²) in [4.78, 5) is 28.7. The molecule has 2 rings (SSSR count). The molecule has 21 heavy (non-hydrogen) atoms. The van der Waals surface area contributed by atoms with Crippen LogP contribution in [0.5, 0.6) is 0 Å². The average molecular weight is 311 g/mol. The Morgan fingerprint density at radius 2 is 2.24 bits per heavy atom. The van der Waals surface area contributed by atoms with Gasteiger partial charge in [-0.15, -0.1) is 11.3 Å². The maximum absolute atomic E-state index is 12.2.